The Kier molecular flexibility index (Phi) is 6.24. The summed E-state index contributed by atoms with van der Waals surface area (Å²) in [7, 11) is -3.45. The lowest BCUT2D eigenvalue weighted by molar-refractivity contribution is 0.0697. The first kappa shape index (κ1) is 20.2. The summed E-state index contributed by atoms with van der Waals surface area (Å²) in [4.78, 5) is 13.8. The van der Waals surface area contributed by atoms with Gasteiger partial charge in [0.2, 0.25) is 10.0 Å². The molecule has 3 rings (SSSR count). The zero-order valence-electron chi connectivity index (χ0n) is 16.0. The molecule has 2 aromatic carbocycles. The first-order valence-electron chi connectivity index (χ1n) is 9.54. The van der Waals surface area contributed by atoms with Crippen molar-refractivity contribution in [3.63, 3.8) is 0 Å². The van der Waals surface area contributed by atoms with Crippen LogP contribution in [-0.2, 0) is 16.4 Å². The van der Waals surface area contributed by atoms with E-state index in [0.717, 1.165) is 32.4 Å². The highest BCUT2D eigenvalue weighted by molar-refractivity contribution is 7.92. The van der Waals surface area contributed by atoms with Crippen LogP contribution in [0.2, 0.25) is 0 Å². The van der Waals surface area contributed by atoms with Crippen LogP contribution in [0.4, 0.5) is 11.4 Å². The fourth-order valence-electron chi connectivity index (χ4n) is 3.62. The van der Waals surface area contributed by atoms with Crippen LogP contribution in [0.3, 0.4) is 0 Å². The highest BCUT2D eigenvalue weighted by Gasteiger charge is 2.23. The monoisotopic (exact) mass is 402 g/mol. The van der Waals surface area contributed by atoms with Crippen molar-refractivity contribution in [2.45, 2.75) is 26.2 Å². The molecule has 1 aliphatic rings. The van der Waals surface area contributed by atoms with Crippen LogP contribution in [0.25, 0.3) is 0 Å². The molecule has 0 atom stereocenters. The van der Waals surface area contributed by atoms with Crippen molar-refractivity contribution in [2.75, 3.05) is 28.5 Å². The molecule has 1 fully saturated rings. The zero-order valence-corrected chi connectivity index (χ0v) is 16.8. The van der Waals surface area contributed by atoms with Gasteiger partial charge in [0.15, 0.2) is 0 Å². The Morgan fingerprint density at radius 2 is 1.82 bits per heavy atom. The molecule has 0 spiro atoms. The van der Waals surface area contributed by atoms with Crippen molar-refractivity contribution in [2.24, 2.45) is 5.92 Å². The van der Waals surface area contributed by atoms with E-state index in [1.54, 1.807) is 12.1 Å². The van der Waals surface area contributed by atoms with Gasteiger partial charge in [-0.3, -0.25) is 4.72 Å². The fraction of sp³-hybridized carbons (Fsp3) is 0.381. The van der Waals surface area contributed by atoms with Crippen LogP contribution in [0.5, 0.6) is 0 Å². The molecule has 0 bridgehead atoms. The third-order valence-corrected chi connectivity index (χ3v) is 6.51. The fourth-order valence-corrected chi connectivity index (χ4v) is 4.25. The lowest BCUT2D eigenvalue weighted by Crippen LogP contribution is -2.35. The molecule has 7 heteroatoms. The maximum atomic E-state index is 11.8. The molecule has 2 N–H and O–H groups in total. The summed E-state index contributed by atoms with van der Waals surface area (Å²) in [6.45, 7) is 3.12. The van der Waals surface area contributed by atoms with Gasteiger partial charge in [0, 0.05) is 18.8 Å². The molecule has 1 heterocycles. The number of carboxylic acid groups (broad SMARTS) is 1. The van der Waals surface area contributed by atoms with E-state index >= 15 is 0 Å². The van der Waals surface area contributed by atoms with Crippen molar-refractivity contribution in [3.05, 3.63) is 59.7 Å². The van der Waals surface area contributed by atoms with Crippen LogP contribution in [0.1, 0.15) is 35.7 Å². The topological polar surface area (TPSA) is 86.7 Å². The van der Waals surface area contributed by atoms with Gasteiger partial charge >= 0.3 is 5.97 Å². The number of rotatable bonds is 7. The largest absolute Gasteiger partial charge is 0.478 e. The van der Waals surface area contributed by atoms with Gasteiger partial charge in [0.05, 0.1) is 17.0 Å². The molecule has 0 amide bonds. The number of hydrogen-bond donors (Lipinski definition) is 2. The van der Waals surface area contributed by atoms with Gasteiger partial charge in [-0.05, 0) is 55.9 Å². The first-order valence-corrected chi connectivity index (χ1v) is 11.2. The van der Waals surface area contributed by atoms with Crippen LogP contribution in [0.15, 0.2) is 48.5 Å². The number of aromatic carboxylic acids is 1. The Hall–Kier alpha value is -2.54. The molecule has 2 aromatic rings. The van der Waals surface area contributed by atoms with Gasteiger partial charge in [-0.25, -0.2) is 13.2 Å². The molecule has 0 aliphatic carbocycles. The van der Waals surface area contributed by atoms with E-state index in [1.165, 1.54) is 18.6 Å². The highest BCUT2D eigenvalue weighted by atomic mass is 32.2. The van der Waals surface area contributed by atoms with E-state index in [1.807, 2.05) is 6.07 Å². The Labute approximate surface area is 166 Å². The van der Waals surface area contributed by atoms with E-state index < -0.39 is 16.0 Å². The van der Waals surface area contributed by atoms with Crippen LogP contribution in [0, 0.1) is 5.92 Å². The minimum atomic E-state index is -3.45. The predicted octanol–water partition coefficient (Wildman–Crippen LogP) is 3.61. The minimum absolute atomic E-state index is 0.0634. The number of nitrogens with one attached hydrogen (secondary N) is 1. The summed E-state index contributed by atoms with van der Waals surface area (Å²) in [6, 6.07) is 15.1. The van der Waals surface area contributed by atoms with Crippen LogP contribution in [-0.4, -0.2) is 38.3 Å². The summed E-state index contributed by atoms with van der Waals surface area (Å²) >= 11 is 0. The van der Waals surface area contributed by atoms with E-state index in [4.69, 9.17) is 0 Å². The summed E-state index contributed by atoms with van der Waals surface area (Å²) < 4.78 is 25.9. The lowest BCUT2D eigenvalue weighted by atomic mass is 9.90. The maximum Gasteiger partial charge on any atom is 0.337 e. The number of benzene rings is 2. The molecule has 28 heavy (non-hydrogen) atoms. The van der Waals surface area contributed by atoms with Gasteiger partial charge in [-0.1, -0.05) is 30.3 Å². The summed E-state index contributed by atoms with van der Waals surface area (Å²) in [5, 5.41) is 9.62. The molecule has 0 saturated carbocycles. The second kappa shape index (κ2) is 8.65. The molecular formula is C21H26N2O4S. The molecule has 0 unspecified atom stereocenters. The van der Waals surface area contributed by atoms with E-state index in [-0.39, 0.29) is 17.0 Å². The number of carboxylic acids is 1. The van der Waals surface area contributed by atoms with Crippen molar-refractivity contribution < 1.29 is 18.3 Å². The number of nitrogens with zero attached hydrogens (tertiary/aromatic N) is 1. The standard InChI is InChI=1S/C21H26N2O4S/c1-2-28(26,27)22-18-8-9-20(19(15-18)21(24)25)23-12-10-17(11-13-23)14-16-6-4-3-5-7-16/h3-9,15,17,22H,2,10-14H2,1H3,(H,24,25). The molecule has 6 nitrogen and oxygen atoms in total. The molecule has 1 aliphatic heterocycles. The van der Waals surface area contributed by atoms with Gasteiger partial charge in [0.1, 0.15) is 0 Å². The number of sulfonamides is 1. The Bertz CT molecular complexity index is 921. The highest BCUT2D eigenvalue weighted by Crippen LogP contribution is 2.30. The summed E-state index contributed by atoms with van der Waals surface area (Å²) in [5.41, 5.74) is 2.38. The first-order chi connectivity index (χ1) is 13.4. The number of carbonyl (C=O) groups is 1. The van der Waals surface area contributed by atoms with E-state index in [0.29, 0.717) is 11.6 Å². The lowest BCUT2D eigenvalue weighted by Gasteiger charge is -2.34. The predicted molar refractivity (Wildman–Crippen MR) is 112 cm³/mol. The Morgan fingerprint density at radius 1 is 1.14 bits per heavy atom. The van der Waals surface area contributed by atoms with Crippen LogP contribution < -0.4 is 9.62 Å². The SMILES string of the molecule is CCS(=O)(=O)Nc1ccc(N2CCC(Cc3ccccc3)CC2)c(C(=O)O)c1. The van der Waals surface area contributed by atoms with Gasteiger partial charge in [-0.2, -0.15) is 0 Å². The van der Waals surface area contributed by atoms with Crippen molar-refractivity contribution in [1.29, 1.82) is 0 Å². The normalized spacial score (nSPS) is 15.4. The van der Waals surface area contributed by atoms with E-state index in [2.05, 4.69) is 33.9 Å². The van der Waals surface area contributed by atoms with Crippen molar-refractivity contribution >= 4 is 27.4 Å². The number of hydrogen-bond acceptors (Lipinski definition) is 4. The average molecular weight is 403 g/mol. The second-order valence-corrected chi connectivity index (χ2v) is 9.17. The van der Waals surface area contributed by atoms with Gasteiger partial charge in [0.25, 0.3) is 0 Å². The summed E-state index contributed by atoms with van der Waals surface area (Å²) in [6.07, 6.45) is 3.04. The second-order valence-electron chi connectivity index (χ2n) is 7.16. The number of anilines is 2. The third-order valence-electron chi connectivity index (χ3n) is 5.20. The van der Waals surface area contributed by atoms with E-state index in [9.17, 15) is 18.3 Å². The minimum Gasteiger partial charge on any atom is -0.478 e. The molecule has 150 valence electrons. The quantitative estimate of drug-likeness (QED) is 0.739. The van der Waals surface area contributed by atoms with Gasteiger partial charge in [-0.15, -0.1) is 0 Å². The number of piperidine rings is 1. The zero-order chi connectivity index (χ0) is 20.1. The van der Waals surface area contributed by atoms with Crippen molar-refractivity contribution in [1.82, 2.24) is 0 Å². The summed E-state index contributed by atoms with van der Waals surface area (Å²) in [5.74, 6) is -0.534. The Morgan fingerprint density at radius 3 is 2.43 bits per heavy atom. The van der Waals surface area contributed by atoms with Crippen LogP contribution >= 0.6 is 0 Å². The van der Waals surface area contributed by atoms with Gasteiger partial charge < -0.3 is 10.0 Å². The maximum absolute atomic E-state index is 11.8. The molecule has 1 saturated heterocycles. The average Bonchev–Trinajstić information content (AvgIpc) is 2.69. The molecule has 0 aromatic heterocycles. The third kappa shape index (κ3) is 5.04. The molecule has 0 radical (unpaired) electrons. The van der Waals surface area contributed by atoms with Crippen molar-refractivity contribution in [3.8, 4) is 0 Å². The Balaban J connectivity index is 1.70. The molecular weight excluding hydrogens is 376 g/mol. The smallest absolute Gasteiger partial charge is 0.337 e.